The number of carbonyl (C=O) groups excluding carboxylic acids is 2. The minimum atomic E-state index is -0.636. The predicted octanol–water partition coefficient (Wildman–Crippen LogP) is 1.78. The molecule has 5 nitrogen and oxygen atoms in total. The minimum Gasteiger partial charge on any atom is -0.345 e. The second kappa shape index (κ2) is 5.95. The van der Waals surface area contributed by atoms with Gasteiger partial charge in [-0.2, -0.15) is 0 Å². The van der Waals surface area contributed by atoms with E-state index in [0.29, 0.717) is 11.0 Å². The average molecular weight is 267 g/mol. The highest BCUT2D eigenvalue weighted by Gasteiger charge is 2.25. The van der Waals surface area contributed by atoms with E-state index < -0.39 is 11.8 Å². The number of amides is 2. The molecule has 2 rings (SSSR count). The number of anilines is 1. The van der Waals surface area contributed by atoms with Gasteiger partial charge in [0.15, 0.2) is 5.13 Å². The summed E-state index contributed by atoms with van der Waals surface area (Å²) in [4.78, 5) is 27.3. The van der Waals surface area contributed by atoms with Crippen LogP contribution in [-0.4, -0.2) is 22.8 Å². The molecule has 2 N–H and O–H groups in total. The monoisotopic (exact) mass is 267 g/mol. The molecule has 6 heteroatoms. The zero-order chi connectivity index (χ0) is 13.0. The van der Waals surface area contributed by atoms with Crippen molar-refractivity contribution in [2.75, 3.05) is 5.32 Å². The van der Waals surface area contributed by atoms with Gasteiger partial charge < -0.3 is 5.32 Å². The summed E-state index contributed by atoms with van der Waals surface area (Å²) in [7, 11) is 0. The molecular weight excluding hydrogens is 250 g/mol. The van der Waals surface area contributed by atoms with Crippen molar-refractivity contribution in [1.29, 1.82) is 0 Å². The largest absolute Gasteiger partial charge is 0.345 e. The van der Waals surface area contributed by atoms with Crippen LogP contribution in [0.15, 0.2) is 11.6 Å². The molecule has 0 spiro atoms. The molecule has 0 unspecified atom stereocenters. The maximum atomic E-state index is 11.7. The first-order valence-electron chi connectivity index (χ1n) is 6.18. The van der Waals surface area contributed by atoms with Crippen molar-refractivity contribution < 1.29 is 9.59 Å². The molecule has 18 heavy (non-hydrogen) atoms. The molecule has 1 aromatic heterocycles. The van der Waals surface area contributed by atoms with Gasteiger partial charge in [0.2, 0.25) is 0 Å². The van der Waals surface area contributed by atoms with E-state index in [4.69, 9.17) is 0 Å². The zero-order valence-electron chi connectivity index (χ0n) is 10.3. The summed E-state index contributed by atoms with van der Waals surface area (Å²) >= 11 is 1.29. The number of hydrogen-bond acceptors (Lipinski definition) is 4. The van der Waals surface area contributed by atoms with E-state index in [1.165, 1.54) is 17.8 Å². The predicted molar refractivity (Wildman–Crippen MR) is 70.3 cm³/mol. The van der Waals surface area contributed by atoms with Crippen LogP contribution in [0.3, 0.4) is 0 Å². The van der Waals surface area contributed by atoms with Crippen molar-refractivity contribution in [3.63, 3.8) is 0 Å². The number of nitrogens with one attached hydrogen (secondary N) is 2. The Morgan fingerprint density at radius 1 is 1.33 bits per heavy atom. The summed E-state index contributed by atoms with van der Waals surface area (Å²) < 4.78 is 0. The smallest absolute Gasteiger partial charge is 0.315 e. The molecule has 0 aromatic carbocycles. The molecule has 0 aliphatic heterocycles. The van der Waals surface area contributed by atoms with Crippen molar-refractivity contribution in [2.45, 2.75) is 38.6 Å². The number of thiazole rings is 1. The molecule has 1 aliphatic carbocycles. The summed E-state index contributed by atoms with van der Waals surface area (Å²) in [6.45, 7) is 2.11. The van der Waals surface area contributed by atoms with Crippen LogP contribution in [0.4, 0.5) is 5.13 Å². The van der Waals surface area contributed by atoms with Crippen molar-refractivity contribution in [1.82, 2.24) is 10.3 Å². The number of hydrogen-bond donors (Lipinski definition) is 2. The van der Waals surface area contributed by atoms with Gasteiger partial charge in [-0.1, -0.05) is 19.8 Å². The lowest BCUT2D eigenvalue weighted by Crippen LogP contribution is -2.45. The van der Waals surface area contributed by atoms with Crippen LogP contribution in [-0.2, 0) is 9.59 Å². The van der Waals surface area contributed by atoms with Gasteiger partial charge in [-0.3, -0.25) is 14.9 Å². The Balaban J connectivity index is 1.85. The Morgan fingerprint density at radius 2 is 2.11 bits per heavy atom. The molecule has 1 fully saturated rings. The van der Waals surface area contributed by atoms with E-state index in [1.54, 1.807) is 11.6 Å². The van der Waals surface area contributed by atoms with E-state index in [1.807, 2.05) is 0 Å². The highest BCUT2D eigenvalue weighted by atomic mass is 32.1. The average Bonchev–Trinajstić information content (AvgIpc) is 2.84. The molecule has 2 atom stereocenters. The molecule has 1 heterocycles. The highest BCUT2D eigenvalue weighted by Crippen LogP contribution is 2.23. The third-order valence-corrected chi connectivity index (χ3v) is 3.98. The molecule has 1 aromatic rings. The van der Waals surface area contributed by atoms with Crippen LogP contribution in [0.25, 0.3) is 0 Å². The van der Waals surface area contributed by atoms with Gasteiger partial charge in [0.1, 0.15) is 0 Å². The molecule has 0 bridgehead atoms. The Bertz CT molecular complexity index is 419. The molecule has 0 saturated heterocycles. The van der Waals surface area contributed by atoms with Crippen LogP contribution in [0.5, 0.6) is 0 Å². The summed E-state index contributed by atoms with van der Waals surface area (Å²) in [5, 5.41) is 7.49. The van der Waals surface area contributed by atoms with Gasteiger partial charge in [0.25, 0.3) is 0 Å². The Hall–Kier alpha value is -1.43. The van der Waals surface area contributed by atoms with E-state index in [2.05, 4.69) is 22.5 Å². The summed E-state index contributed by atoms with van der Waals surface area (Å²) in [6.07, 6.45) is 5.97. The van der Waals surface area contributed by atoms with Crippen LogP contribution >= 0.6 is 11.3 Å². The molecular formula is C12H17N3O2S. The van der Waals surface area contributed by atoms with Crippen molar-refractivity contribution in [3.05, 3.63) is 11.6 Å². The molecule has 2 amide bonds. The molecule has 0 radical (unpaired) electrons. The third kappa shape index (κ3) is 3.29. The molecule has 98 valence electrons. The van der Waals surface area contributed by atoms with Crippen LogP contribution < -0.4 is 10.6 Å². The number of nitrogens with zero attached hydrogens (tertiary/aromatic N) is 1. The maximum Gasteiger partial charge on any atom is 0.315 e. The Labute approximate surface area is 110 Å². The van der Waals surface area contributed by atoms with Gasteiger partial charge in [-0.15, -0.1) is 11.3 Å². The normalized spacial score (nSPS) is 23.4. The van der Waals surface area contributed by atoms with E-state index >= 15 is 0 Å². The lowest BCUT2D eigenvalue weighted by Gasteiger charge is -2.29. The topological polar surface area (TPSA) is 71.1 Å². The van der Waals surface area contributed by atoms with E-state index in [-0.39, 0.29) is 6.04 Å². The van der Waals surface area contributed by atoms with Gasteiger partial charge in [0.05, 0.1) is 0 Å². The second-order valence-electron chi connectivity index (χ2n) is 4.63. The SMILES string of the molecule is C[C@@H]1CCCC[C@@H]1NC(=O)C(=O)Nc1nccs1. The number of carbonyl (C=O) groups is 2. The third-order valence-electron chi connectivity index (χ3n) is 3.29. The van der Waals surface area contributed by atoms with E-state index in [0.717, 1.165) is 19.3 Å². The number of rotatable bonds is 2. The summed E-state index contributed by atoms with van der Waals surface area (Å²) in [5.74, 6) is -0.762. The van der Waals surface area contributed by atoms with Gasteiger partial charge in [-0.25, -0.2) is 4.98 Å². The van der Waals surface area contributed by atoms with Crippen LogP contribution in [0.1, 0.15) is 32.6 Å². The fourth-order valence-corrected chi connectivity index (χ4v) is 2.73. The standard InChI is InChI=1S/C12H17N3O2S/c1-8-4-2-3-5-9(8)14-10(16)11(17)15-12-13-6-7-18-12/h6-9H,2-5H2,1H3,(H,14,16)(H,13,15,17)/t8-,9+/m1/s1. The van der Waals surface area contributed by atoms with Crippen molar-refractivity contribution in [2.24, 2.45) is 5.92 Å². The Kier molecular flexibility index (Phi) is 4.30. The van der Waals surface area contributed by atoms with Crippen molar-refractivity contribution >= 4 is 28.3 Å². The fourth-order valence-electron chi connectivity index (χ4n) is 2.20. The van der Waals surface area contributed by atoms with Gasteiger partial charge in [-0.05, 0) is 18.8 Å². The van der Waals surface area contributed by atoms with Crippen molar-refractivity contribution in [3.8, 4) is 0 Å². The first kappa shape index (κ1) is 13.0. The second-order valence-corrected chi connectivity index (χ2v) is 5.53. The van der Waals surface area contributed by atoms with E-state index in [9.17, 15) is 9.59 Å². The quantitative estimate of drug-likeness (QED) is 0.802. The lowest BCUT2D eigenvalue weighted by atomic mass is 9.86. The molecule has 1 saturated carbocycles. The van der Waals surface area contributed by atoms with Crippen LogP contribution in [0.2, 0.25) is 0 Å². The first-order chi connectivity index (χ1) is 8.66. The fraction of sp³-hybridized carbons (Fsp3) is 0.583. The first-order valence-corrected chi connectivity index (χ1v) is 7.06. The number of aromatic nitrogens is 1. The highest BCUT2D eigenvalue weighted by molar-refractivity contribution is 7.13. The summed E-state index contributed by atoms with van der Waals surface area (Å²) in [5.41, 5.74) is 0. The lowest BCUT2D eigenvalue weighted by molar-refractivity contribution is -0.137. The van der Waals surface area contributed by atoms with Gasteiger partial charge >= 0.3 is 11.8 Å². The Morgan fingerprint density at radius 3 is 2.78 bits per heavy atom. The zero-order valence-corrected chi connectivity index (χ0v) is 11.1. The van der Waals surface area contributed by atoms with Gasteiger partial charge in [0, 0.05) is 17.6 Å². The molecule has 1 aliphatic rings. The maximum absolute atomic E-state index is 11.7. The summed E-state index contributed by atoms with van der Waals surface area (Å²) in [6, 6.07) is 0.119. The van der Waals surface area contributed by atoms with Crippen LogP contribution in [0, 0.1) is 5.92 Å². The minimum absolute atomic E-state index is 0.119.